The molecule has 11 heteroatoms. The molecule has 2 saturated heterocycles. The smallest absolute Gasteiger partial charge is 0.371 e. The van der Waals surface area contributed by atoms with Crippen molar-refractivity contribution in [3.63, 3.8) is 0 Å². The predicted molar refractivity (Wildman–Crippen MR) is 137 cm³/mol. The van der Waals surface area contributed by atoms with E-state index in [1.807, 2.05) is 26.1 Å². The highest BCUT2D eigenvalue weighted by molar-refractivity contribution is 6.08. The Hall–Kier alpha value is -3.18. The highest BCUT2D eigenvalue weighted by atomic mass is 19.4. The number of nitrogens with zero attached hydrogens (tertiary/aromatic N) is 4. The monoisotopic (exact) mass is 518 g/mol. The molecule has 0 radical (unpaired) electrons. The third kappa shape index (κ3) is 6.22. The number of carbonyl (C=O) groups excluding carboxylic acids is 2. The van der Waals surface area contributed by atoms with Crippen LogP contribution in [0.25, 0.3) is 0 Å². The summed E-state index contributed by atoms with van der Waals surface area (Å²) in [6, 6.07) is 6.41. The lowest BCUT2D eigenvalue weighted by Gasteiger charge is -2.31. The van der Waals surface area contributed by atoms with Gasteiger partial charge in [0.2, 0.25) is 11.8 Å². The van der Waals surface area contributed by atoms with Crippen LogP contribution in [0.2, 0.25) is 0 Å². The summed E-state index contributed by atoms with van der Waals surface area (Å²) in [5.74, 6) is -1.04. The molecule has 2 aromatic rings. The normalized spacial score (nSPS) is 18.8. The lowest BCUT2D eigenvalue weighted by molar-refractivity contribution is -0.137. The van der Waals surface area contributed by atoms with Crippen molar-refractivity contribution in [1.29, 1.82) is 0 Å². The number of pyridine rings is 1. The minimum Gasteiger partial charge on any atom is -0.371 e. The first-order valence-corrected chi connectivity index (χ1v) is 12.5. The van der Waals surface area contributed by atoms with E-state index in [0.717, 1.165) is 67.6 Å². The van der Waals surface area contributed by atoms with E-state index >= 15 is 0 Å². The molecule has 3 heterocycles. The number of anilines is 3. The molecule has 0 bridgehead atoms. The highest BCUT2D eigenvalue weighted by Gasteiger charge is 2.40. The SMILES string of the molecule is Cc1cc(C(F)(F)F)cc(N2C(=O)CCC2C(=O)Nc2cccc(C)c2N(C)CCN2CCNCC2)n1. The van der Waals surface area contributed by atoms with Crippen molar-refractivity contribution in [1.82, 2.24) is 15.2 Å². The molecule has 200 valence electrons. The molecule has 37 heavy (non-hydrogen) atoms. The van der Waals surface area contributed by atoms with Gasteiger partial charge in [-0.25, -0.2) is 4.98 Å². The Morgan fingerprint density at radius 3 is 2.65 bits per heavy atom. The van der Waals surface area contributed by atoms with Gasteiger partial charge in [-0.05, 0) is 44.0 Å². The van der Waals surface area contributed by atoms with Crippen LogP contribution >= 0.6 is 0 Å². The van der Waals surface area contributed by atoms with E-state index in [4.69, 9.17) is 0 Å². The number of para-hydroxylation sites is 1. The Labute approximate surface area is 214 Å². The van der Waals surface area contributed by atoms with Crippen molar-refractivity contribution in [2.75, 3.05) is 61.4 Å². The second kappa shape index (κ2) is 11.1. The summed E-state index contributed by atoms with van der Waals surface area (Å²) in [7, 11) is 1.97. The maximum atomic E-state index is 13.4. The molecule has 4 rings (SSSR count). The minimum atomic E-state index is -4.59. The Kier molecular flexibility index (Phi) is 8.03. The fourth-order valence-corrected chi connectivity index (χ4v) is 4.98. The van der Waals surface area contributed by atoms with Crippen molar-refractivity contribution in [3.8, 4) is 0 Å². The topological polar surface area (TPSA) is 80.8 Å². The van der Waals surface area contributed by atoms with E-state index in [0.29, 0.717) is 5.69 Å². The fraction of sp³-hybridized carbons (Fsp3) is 0.500. The molecule has 1 aromatic carbocycles. The zero-order chi connectivity index (χ0) is 26.7. The summed E-state index contributed by atoms with van der Waals surface area (Å²) in [6.07, 6.45) is -4.34. The molecule has 1 atom stereocenters. The maximum absolute atomic E-state index is 13.4. The zero-order valence-electron chi connectivity index (χ0n) is 21.4. The van der Waals surface area contributed by atoms with Crippen LogP contribution in [0.4, 0.5) is 30.4 Å². The van der Waals surface area contributed by atoms with Crippen molar-refractivity contribution >= 4 is 29.0 Å². The van der Waals surface area contributed by atoms with Crippen LogP contribution in [0.15, 0.2) is 30.3 Å². The van der Waals surface area contributed by atoms with E-state index in [-0.39, 0.29) is 24.4 Å². The molecule has 1 unspecified atom stereocenters. The molecule has 2 amide bonds. The van der Waals surface area contributed by atoms with Crippen molar-refractivity contribution in [3.05, 3.63) is 47.2 Å². The average molecular weight is 519 g/mol. The van der Waals surface area contributed by atoms with Crippen molar-refractivity contribution < 1.29 is 22.8 Å². The molecule has 8 nitrogen and oxygen atoms in total. The third-order valence-corrected chi connectivity index (χ3v) is 6.87. The number of aryl methyl sites for hydroxylation is 2. The van der Waals surface area contributed by atoms with Crippen LogP contribution in [0.3, 0.4) is 0 Å². The molecule has 0 spiro atoms. The van der Waals surface area contributed by atoms with Gasteiger partial charge >= 0.3 is 6.18 Å². The number of alkyl halides is 3. The van der Waals surface area contributed by atoms with Crippen LogP contribution in [-0.2, 0) is 15.8 Å². The highest BCUT2D eigenvalue weighted by Crippen LogP contribution is 2.35. The first-order chi connectivity index (χ1) is 17.5. The molecule has 0 saturated carbocycles. The summed E-state index contributed by atoms with van der Waals surface area (Å²) >= 11 is 0. The Morgan fingerprint density at radius 1 is 1.22 bits per heavy atom. The number of aromatic nitrogens is 1. The quantitative estimate of drug-likeness (QED) is 0.586. The lowest BCUT2D eigenvalue weighted by atomic mass is 10.1. The van der Waals surface area contributed by atoms with Gasteiger partial charge in [-0.2, -0.15) is 13.2 Å². The average Bonchev–Trinajstić information content (AvgIpc) is 3.24. The van der Waals surface area contributed by atoms with Crippen LogP contribution in [0.5, 0.6) is 0 Å². The van der Waals surface area contributed by atoms with Crippen LogP contribution in [-0.4, -0.2) is 74.1 Å². The zero-order valence-corrected chi connectivity index (χ0v) is 21.4. The number of benzene rings is 1. The molecule has 2 aliphatic rings. The van der Waals surface area contributed by atoms with Gasteiger partial charge in [-0.3, -0.25) is 19.4 Å². The third-order valence-electron chi connectivity index (χ3n) is 6.87. The summed E-state index contributed by atoms with van der Waals surface area (Å²) in [6.45, 7) is 8.94. The van der Waals surface area contributed by atoms with Gasteiger partial charge in [0.05, 0.1) is 16.9 Å². The predicted octanol–water partition coefficient (Wildman–Crippen LogP) is 3.19. The largest absolute Gasteiger partial charge is 0.416 e. The fourth-order valence-electron chi connectivity index (χ4n) is 4.98. The standard InChI is InChI=1S/C26H33F3N6O2/c1-17-5-4-6-20(24(17)33(3)13-14-34-11-9-30-10-12-34)32-25(37)21-7-8-23(36)35(21)22-16-19(26(27,28)29)15-18(2)31-22/h4-6,15-16,21,30H,7-14H2,1-3H3,(H,32,37). The summed E-state index contributed by atoms with van der Waals surface area (Å²) in [5, 5.41) is 6.29. The second-order valence-electron chi connectivity index (χ2n) is 9.64. The molecule has 2 fully saturated rings. The van der Waals surface area contributed by atoms with Crippen LogP contribution < -0.4 is 20.4 Å². The first kappa shape index (κ1) is 26.9. The number of amides is 2. The lowest BCUT2D eigenvalue weighted by Crippen LogP contribution is -2.46. The van der Waals surface area contributed by atoms with E-state index < -0.39 is 29.6 Å². The van der Waals surface area contributed by atoms with Gasteiger partial charge < -0.3 is 15.5 Å². The number of hydrogen-bond acceptors (Lipinski definition) is 6. The van der Waals surface area contributed by atoms with Gasteiger partial charge in [-0.1, -0.05) is 12.1 Å². The van der Waals surface area contributed by atoms with Gasteiger partial charge in [-0.15, -0.1) is 0 Å². The molecule has 1 aromatic heterocycles. The first-order valence-electron chi connectivity index (χ1n) is 12.5. The number of rotatable bonds is 7. The van der Waals surface area contributed by atoms with Gasteiger partial charge in [0.1, 0.15) is 11.9 Å². The Morgan fingerprint density at radius 2 is 1.95 bits per heavy atom. The van der Waals surface area contributed by atoms with Gasteiger partial charge in [0.25, 0.3) is 0 Å². The van der Waals surface area contributed by atoms with Crippen molar-refractivity contribution in [2.24, 2.45) is 0 Å². The number of halogens is 3. The van der Waals surface area contributed by atoms with Crippen LogP contribution in [0, 0.1) is 13.8 Å². The molecule has 0 aliphatic carbocycles. The van der Waals surface area contributed by atoms with E-state index in [9.17, 15) is 22.8 Å². The summed E-state index contributed by atoms with van der Waals surface area (Å²) < 4.78 is 40.2. The number of piperazine rings is 1. The van der Waals surface area contributed by atoms with Gasteiger partial charge in [0.15, 0.2) is 0 Å². The molecular weight excluding hydrogens is 485 g/mol. The summed E-state index contributed by atoms with van der Waals surface area (Å²) in [5.41, 5.74) is 1.67. The van der Waals surface area contributed by atoms with Crippen LogP contribution in [0.1, 0.15) is 29.7 Å². The molecule has 2 aliphatic heterocycles. The van der Waals surface area contributed by atoms with E-state index in [1.165, 1.54) is 6.92 Å². The molecule has 2 N–H and O–H groups in total. The van der Waals surface area contributed by atoms with E-state index in [1.54, 1.807) is 6.07 Å². The van der Waals surface area contributed by atoms with E-state index in [2.05, 4.69) is 25.4 Å². The maximum Gasteiger partial charge on any atom is 0.416 e. The number of carbonyl (C=O) groups is 2. The second-order valence-corrected chi connectivity index (χ2v) is 9.64. The number of nitrogens with one attached hydrogen (secondary N) is 2. The van der Waals surface area contributed by atoms with Gasteiger partial charge in [0, 0.05) is 58.4 Å². The summed E-state index contributed by atoms with van der Waals surface area (Å²) in [4.78, 5) is 35.8. The molecular formula is C26H33F3N6O2. The minimum absolute atomic E-state index is 0.0559. The Bertz CT molecular complexity index is 1150. The van der Waals surface area contributed by atoms with Crippen molar-refractivity contribution in [2.45, 2.75) is 38.9 Å². The number of hydrogen-bond donors (Lipinski definition) is 2. The number of likely N-dealkylation sites (N-methyl/N-ethyl adjacent to an activating group) is 1. The Balaban J connectivity index is 1.54.